The molecule has 0 amide bonds. The van der Waals surface area contributed by atoms with Crippen LogP contribution in [0.4, 0.5) is 11.6 Å². The van der Waals surface area contributed by atoms with Crippen molar-refractivity contribution in [2.75, 3.05) is 5.32 Å². The summed E-state index contributed by atoms with van der Waals surface area (Å²) in [6, 6.07) is 13.2. The molecule has 0 bridgehead atoms. The second-order valence-electron chi connectivity index (χ2n) is 5.26. The first-order valence-electron chi connectivity index (χ1n) is 7.39. The van der Waals surface area contributed by atoms with Crippen LogP contribution in [0.15, 0.2) is 53.5 Å². The molecule has 0 aliphatic carbocycles. The van der Waals surface area contributed by atoms with Gasteiger partial charge in [-0.05, 0) is 31.5 Å². The molecule has 0 radical (unpaired) electrons. The molecule has 1 atom stereocenters. The zero-order valence-corrected chi connectivity index (χ0v) is 12.7. The van der Waals surface area contributed by atoms with Gasteiger partial charge >= 0.3 is 0 Å². The first-order valence-corrected chi connectivity index (χ1v) is 7.39. The van der Waals surface area contributed by atoms with Gasteiger partial charge in [-0.3, -0.25) is 9.36 Å². The summed E-state index contributed by atoms with van der Waals surface area (Å²) < 4.78 is 1.73. The highest BCUT2D eigenvalue weighted by Crippen LogP contribution is 2.18. The average Bonchev–Trinajstić information content (AvgIpc) is 2.55. The van der Waals surface area contributed by atoms with Gasteiger partial charge in [-0.2, -0.15) is 4.98 Å². The number of rotatable bonds is 4. The van der Waals surface area contributed by atoms with Gasteiger partial charge in [-0.1, -0.05) is 25.1 Å². The van der Waals surface area contributed by atoms with Crippen LogP contribution in [0.25, 0.3) is 11.0 Å². The van der Waals surface area contributed by atoms with Crippen LogP contribution in [0.2, 0.25) is 0 Å². The third-order valence-corrected chi connectivity index (χ3v) is 3.73. The third-order valence-electron chi connectivity index (χ3n) is 3.73. The zero-order valence-electron chi connectivity index (χ0n) is 12.7. The van der Waals surface area contributed by atoms with Crippen LogP contribution in [0.3, 0.4) is 0 Å². The lowest BCUT2D eigenvalue weighted by Gasteiger charge is -2.15. The van der Waals surface area contributed by atoms with Crippen LogP contribution in [-0.4, -0.2) is 14.5 Å². The largest absolute Gasteiger partial charge is 0.324 e. The van der Waals surface area contributed by atoms with Gasteiger partial charge in [0.15, 0.2) is 0 Å². The minimum Gasteiger partial charge on any atom is -0.324 e. The SMILES string of the molecule is CC[C@@H](C)n1c(=O)ccc2cnc(Nc3ccccc3)nc21. The zero-order chi connectivity index (χ0) is 15.5. The predicted octanol–water partition coefficient (Wildman–Crippen LogP) is 3.51. The Labute approximate surface area is 128 Å². The minimum absolute atomic E-state index is 0.0359. The molecule has 0 aliphatic rings. The molecule has 1 aromatic carbocycles. The summed E-state index contributed by atoms with van der Waals surface area (Å²) >= 11 is 0. The van der Waals surface area contributed by atoms with E-state index in [1.807, 2.05) is 37.3 Å². The molecule has 3 rings (SSSR count). The second kappa shape index (κ2) is 5.97. The molecule has 112 valence electrons. The molecule has 5 nitrogen and oxygen atoms in total. The van der Waals surface area contributed by atoms with Gasteiger partial charge in [0.2, 0.25) is 5.95 Å². The number of aromatic nitrogens is 3. The highest BCUT2D eigenvalue weighted by atomic mass is 16.1. The molecule has 0 unspecified atom stereocenters. The topological polar surface area (TPSA) is 59.8 Å². The smallest absolute Gasteiger partial charge is 0.252 e. The van der Waals surface area contributed by atoms with Crippen molar-refractivity contribution in [3.05, 3.63) is 59.0 Å². The number of pyridine rings is 1. The first kappa shape index (κ1) is 14.3. The Morgan fingerprint density at radius 3 is 2.68 bits per heavy atom. The maximum absolute atomic E-state index is 12.2. The Hall–Kier alpha value is -2.69. The van der Waals surface area contributed by atoms with Crippen LogP contribution in [0.1, 0.15) is 26.3 Å². The molecule has 1 N–H and O–H groups in total. The molecule has 0 saturated heterocycles. The van der Waals surface area contributed by atoms with Crippen molar-refractivity contribution in [1.29, 1.82) is 0 Å². The van der Waals surface area contributed by atoms with Crippen LogP contribution in [-0.2, 0) is 0 Å². The Balaban J connectivity index is 2.10. The van der Waals surface area contributed by atoms with Crippen molar-refractivity contribution < 1.29 is 0 Å². The lowest BCUT2D eigenvalue weighted by atomic mass is 10.2. The maximum Gasteiger partial charge on any atom is 0.252 e. The standard InChI is InChI=1S/C17H18N4O/c1-3-12(2)21-15(22)10-9-13-11-18-17(20-16(13)21)19-14-7-5-4-6-8-14/h4-12H,3H2,1-2H3,(H,18,19,20)/t12-/m1/s1. The Kier molecular flexibility index (Phi) is 3.87. The summed E-state index contributed by atoms with van der Waals surface area (Å²) in [5.41, 5.74) is 1.54. The summed E-state index contributed by atoms with van der Waals surface area (Å²) in [7, 11) is 0. The lowest BCUT2D eigenvalue weighted by molar-refractivity contribution is 0.528. The summed E-state index contributed by atoms with van der Waals surface area (Å²) in [6.07, 6.45) is 2.61. The van der Waals surface area contributed by atoms with E-state index in [9.17, 15) is 4.79 Å². The Morgan fingerprint density at radius 2 is 1.95 bits per heavy atom. The summed E-state index contributed by atoms with van der Waals surface area (Å²) in [6.45, 7) is 4.08. The normalized spacial score (nSPS) is 12.3. The van der Waals surface area contributed by atoms with Crippen LogP contribution < -0.4 is 10.9 Å². The van der Waals surface area contributed by atoms with Gasteiger partial charge in [0, 0.05) is 29.4 Å². The van der Waals surface area contributed by atoms with E-state index >= 15 is 0 Å². The number of nitrogens with zero attached hydrogens (tertiary/aromatic N) is 3. The minimum atomic E-state index is -0.0359. The highest BCUT2D eigenvalue weighted by molar-refractivity contribution is 5.75. The van der Waals surface area contributed by atoms with E-state index in [1.54, 1.807) is 22.9 Å². The molecule has 5 heteroatoms. The van der Waals surface area contributed by atoms with Crippen LogP contribution in [0, 0.1) is 0 Å². The number of hydrogen-bond acceptors (Lipinski definition) is 4. The molecule has 0 aliphatic heterocycles. The fourth-order valence-electron chi connectivity index (χ4n) is 2.36. The molecule has 2 heterocycles. The van der Waals surface area contributed by atoms with Gasteiger partial charge in [0.25, 0.3) is 5.56 Å². The van der Waals surface area contributed by atoms with E-state index in [4.69, 9.17) is 0 Å². The van der Waals surface area contributed by atoms with Crippen molar-refractivity contribution in [2.24, 2.45) is 0 Å². The van der Waals surface area contributed by atoms with Gasteiger partial charge in [0.05, 0.1) is 0 Å². The first-order chi connectivity index (χ1) is 10.7. The molecular formula is C17H18N4O. The molecular weight excluding hydrogens is 276 g/mol. The summed E-state index contributed by atoms with van der Waals surface area (Å²) in [5, 5.41) is 4.02. The fraction of sp³-hybridized carbons (Fsp3) is 0.235. The number of para-hydroxylation sites is 1. The number of hydrogen-bond donors (Lipinski definition) is 1. The molecule has 22 heavy (non-hydrogen) atoms. The van der Waals surface area contributed by atoms with E-state index in [0.29, 0.717) is 11.6 Å². The average molecular weight is 294 g/mol. The number of anilines is 2. The summed E-state index contributed by atoms with van der Waals surface area (Å²) in [4.78, 5) is 21.0. The van der Waals surface area contributed by atoms with Crippen molar-refractivity contribution in [1.82, 2.24) is 14.5 Å². The fourth-order valence-corrected chi connectivity index (χ4v) is 2.36. The monoisotopic (exact) mass is 294 g/mol. The number of benzene rings is 1. The van der Waals surface area contributed by atoms with E-state index in [2.05, 4.69) is 22.2 Å². The Bertz CT molecular complexity index is 842. The highest BCUT2D eigenvalue weighted by Gasteiger charge is 2.11. The quantitative estimate of drug-likeness (QED) is 0.800. The van der Waals surface area contributed by atoms with Gasteiger partial charge in [0.1, 0.15) is 5.65 Å². The predicted molar refractivity (Wildman–Crippen MR) is 88.5 cm³/mol. The van der Waals surface area contributed by atoms with Crippen molar-refractivity contribution in [3.63, 3.8) is 0 Å². The second-order valence-corrected chi connectivity index (χ2v) is 5.26. The molecule has 0 saturated carbocycles. The molecule has 0 spiro atoms. The van der Waals surface area contributed by atoms with Crippen molar-refractivity contribution >= 4 is 22.7 Å². The number of fused-ring (bicyclic) bond motifs is 1. The Morgan fingerprint density at radius 1 is 1.18 bits per heavy atom. The van der Waals surface area contributed by atoms with Gasteiger partial charge < -0.3 is 5.32 Å². The maximum atomic E-state index is 12.2. The van der Waals surface area contributed by atoms with Crippen molar-refractivity contribution in [3.8, 4) is 0 Å². The van der Waals surface area contributed by atoms with Crippen molar-refractivity contribution in [2.45, 2.75) is 26.3 Å². The van der Waals surface area contributed by atoms with E-state index in [-0.39, 0.29) is 11.6 Å². The lowest BCUT2D eigenvalue weighted by Crippen LogP contribution is -2.23. The molecule has 2 aromatic heterocycles. The number of nitrogens with one attached hydrogen (secondary N) is 1. The van der Waals surface area contributed by atoms with E-state index in [0.717, 1.165) is 17.5 Å². The molecule has 0 fully saturated rings. The van der Waals surface area contributed by atoms with E-state index < -0.39 is 0 Å². The van der Waals surface area contributed by atoms with Gasteiger partial charge in [-0.25, -0.2) is 4.98 Å². The third kappa shape index (κ3) is 2.70. The van der Waals surface area contributed by atoms with Gasteiger partial charge in [-0.15, -0.1) is 0 Å². The van der Waals surface area contributed by atoms with E-state index in [1.165, 1.54) is 0 Å². The molecule has 3 aromatic rings. The van der Waals surface area contributed by atoms with Crippen LogP contribution in [0.5, 0.6) is 0 Å². The summed E-state index contributed by atoms with van der Waals surface area (Å²) in [5.74, 6) is 0.487. The van der Waals surface area contributed by atoms with Crippen LogP contribution >= 0.6 is 0 Å².